The minimum absolute atomic E-state index is 0.0732. The van der Waals surface area contributed by atoms with Crippen LogP contribution < -0.4 is 4.72 Å². The summed E-state index contributed by atoms with van der Waals surface area (Å²) in [6.45, 7) is 3.68. The van der Waals surface area contributed by atoms with Gasteiger partial charge in [-0.2, -0.15) is 17.0 Å². The number of nitriles is 1. The van der Waals surface area contributed by atoms with E-state index >= 15 is 0 Å². The highest BCUT2D eigenvalue weighted by Crippen LogP contribution is 2.16. The summed E-state index contributed by atoms with van der Waals surface area (Å²) in [5.74, 6) is 0.741. The van der Waals surface area contributed by atoms with E-state index in [0.717, 1.165) is 12.2 Å². The average Bonchev–Trinajstić information content (AvgIpc) is 2.37. The van der Waals surface area contributed by atoms with Crippen molar-refractivity contribution in [1.29, 1.82) is 5.26 Å². The molecule has 1 rings (SSSR count). The van der Waals surface area contributed by atoms with Gasteiger partial charge in [-0.15, -0.1) is 0 Å². The van der Waals surface area contributed by atoms with Crippen LogP contribution in [0.25, 0.3) is 0 Å². The lowest BCUT2D eigenvalue weighted by Crippen LogP contribution is -2.36. The summed E-state index contributed by atoms with van der Waals surface area (Å²) in [4.78, 5) is 0.212. The first kappa shape index (κ1) is 16.0. The highest BCUT2D eigenvalue weighted by atomic mass is 32.2. The van der Waals surface area contributed by atoms with E-state index in [2.05, 4.69) is 4.72 Å². The number of thioether (sulfide) groups is 1. The van der Waals surface area contributed by atoms with Crippen molar-refractivity contribution >= 4 is 21.8 Å². The molecule has 0 heterocycles. The van der Waals surface area contributed by atoms with Gasteiger partial charge in [0.05, 0.1) is 16.5 Å². The van der Waals surface area contributed by atoms with Crippen LogP contribution in [0.2, 0.25) is 0 Å². The third-order valence-corrected chi connectivity index (χ3v) is 5.06. The highest BCUT2D eigenvalue weighted by Gasteiger charge is 2.19. The molecule has 4 nitrogen and oxygen atoms in total. The number of aryl methyl sites for hydroxylation is 1. The smallest absolute Gasteiger partial charge is 0.207 e. The Hall–Kier alpha value is -1.03. The van der Waals surface area contributed by atoms with Crippen LogP contribution in [-0.2, 0) is 10.0 Å². The number of nitrogens with one attached hydrogen (secondary N) is 1. The summed E-state index contributed by atoms with van der Waals surface area (Å²) in [6, 6.07) is 6.50. The highest BCUT2D eigenvalue weighted by molar-refractivity contribution is 7.98. The Kier molecular flexibility index (Phi) is 5.85. The van der Waals surface area contributed by atoms with Crippen molar-refractivity contribution in [3.05, 3.63) is 29.3 Å². The third kappa shape index (κ3) is 4.23. The molecule has 0 bridgehead atoms. The number of hydrogen-bond donors (Lipinski definition) is 1. The van der Waals surface area contributed by atoms with Crippen LogP contribution in [0.5, 0.6) is 0 Å². The van der Waals surface area contributed by atoms with E-state index in [1.54, 1.807) is 24.8 Å². The van der Waals surface area contributed by atoms with Crippen LogP contribution in [-0.4, -0.2) is 26.5 Å². The zero-order chi connectivity index (χ0) is 14.5. The minimum atomic E-state index is -3.51. The molecule has 0 spiro atoms. The lowest BCUT2D eigenvalue weighted by Gasteiger charge is -2.16. The normalized spacial score (nSPS) is 12.9. The molecule has 1 atom stereocenters. The van der Waals surface area contributed by atoms with Crippen molar-refractivity contribution in [2.75, 3.05) is 12.0 Å². The van der Waals surface area contributed by atoms with Crippen LogP contribution in [0.4, 0.5) is 0 Å². The fourth-order valence-corrected chi connectivity index (χ4v) is 3.88. The molecule has 0 fully saturated rings. The SMILES string of the molecule is CCC(CSC)NS(=O)(=O)c1ccc(C#N)c(C)c1. The largest absolute Gasteiger partial charge is 0.240 e. The van der Waals surface area contributed by atoms with E-state index in [9.17, 15) is 8.42 Å². The molecule has 6 heteroatoms. The average molecular weight is 298 g/mol. The molecule has 0 aliphatic heterocycles. The lowest BCUT2D eigenvalue weighted by molar-refractivity contribution is 0.558. The lowest BCUT2D eigenvalue weighted by atomic mass is 10.1. The zero-order valence-corrected chi connectivity index (χ0v) is 12.9. The molecular formula is C13H18N2O2S2. The Bertz CT molecular complexity index is 577. The summed E-state index contributed by atoms with van der Waals surface area (Å²) in [6.07, 6.45) is 2.69. The summed E-state index contributed by atoms with van der Waals surface area (Å²) in [7, 11) is -3.51. The molecule has 0 saturated carbocycles. The fourth-order valence-electron chi connectivity index (χ4n) is 1.65. The van der Waals surface area contributed by atoms with Gasteiger partial charge < -0.3 is 0 Å². The zero-order valence-electron chi connectivity index (χ0n) is 11.3. The second-order valence-corrected chi connectivity index (χ2v) is 6.89. The summed E-state index contributed by atoms with van der Waals surface area (Å²) < 4.78 is 27.1. The Balaban J connectivity index is 3.01. The number of nitrogens with zero attached hydrogens (tertiary/aromatic N) is 1. The maximum absolute atomic E-state index is 12.2. The van der Waals surface area contributed by atoms with E-state index in [1.807, 2.05) is 19.2 Å². The van der Waals surface area contributed by atoms with E-state index in [-0.39, 0.29) is 10.9 Å². The number of rotatable bonds is 6. The van der Waals surface area contributed by atoms with Crippen molar-refractivity contribution in [1.82, 2.24) is 4.72 Å². The van der Waals surface area contributed by atoms with Gasteiger partial charge in [-0.3, -0.25) is 0 Å². The predicted octanol–water partition coefficient (Wildman–Crippen LogP) is 2.29. The van der Waals surface area contributed by atoms with Gasteiger partial charge in [-0.1, -0.05) is 6.92 Å². The predicted molar refractivity (Wildman–Crippen MR) is 78.7 cm³/mol. The van der Waals surface area contributed by atoms with Crippen LogP contribution in [0, 0.1) is 18.3 Å². The van der Waals surface area contributed by atoms with Gasteiger partial charge in [0.2, 0.25) is 10.0 Å². The second kappa shape index (κ2) is 6.94. The minimum Gasteiger partial charge on any atom is -0.207 e. The van der Waals surface area contributed by atoms with Crippen molar-refractivity contribution in [3.63, 3.8) is 0 Å². The van der Waals surface area contributed by atoms with E-state index in [4.69, 9.17) is 5.26 Å². The molecule has 1 N–H and O–H groups in total. The van der Waals surface area contributed by atoms with Gasteiger partial charge in [-0.05, 0) is 43.4 Å². The van der Waals surface area contributed by atoms with Crippen molar-refractivity contribution < 1.29 is 8.42 Å². The summed E-state index contributed by atoms with van der Waals surface area (Å²) >= 11 is 1.61. The summed E-state index contributed by atoms with van der Waals surface area (Å²) in [5, 5.41) is 8.85. The van der Waals surface area contributed by atoms with Gasteiger partial charge in [-0.25, -0.2) is 13.1 Å². The standard InChI is InChI=1S/C13H18N2O2S2/c1-4-12(9-18-3)15-19(16,17)13-6-5-11(8-14)10(2)7-13/h5-7,12,15H,4,9H2,1-3H3. The fraction of sp³-hybridized carbons (Fsp3) is 0.462. The Morgan fingerprint density at radius 1 is 1.47 bits per heavy atom. The molecule has 0 amide bonds. The Morgan fingerprint density at radius 2 is 2.16 bits per heavy atom. The molecule has 1 unspecified atom stereocenters. The molecule has 0 aliphatic rings. The summed E-state index contributed by atoms with van der Waals surface area (Å²) in [5.41, 5.74) is 1.17. The molecule has 1 aromatic rings. The number of hydrogen-bond acceptors (Lipinski definition) is 4. The molecular weight excluding hydrogens is 280 g/mol. The maximum Gasteiger partial charge on any atom is 0.240 e. The number of benzene rings is 1. The first-order valence-electron chi connectivity index (χ1n) is 5.96. The molecule has 0 radical (unpaired) electrons. The molecule has 19 heavy (non-hydrogen) atoms. The van der Waals surface area contributed by atoms with Crippen LogP contribution in [0.15, 0.2) is 23.1 Å². The van der Waals surface area contributed by atoms with Gasteiger partial charge in [0, 0.05) is 11.8 Å². The molecule has 0 saturated heterocycles. The second-order valence-electron chi connectivity index (χ2n) is 4.27. The van der Waals surface area contributed by atoms with Crippen molar-refractivity contribution in [3.8, 4) is 6.07 Å². The monoisotopic (exact) mass is 298 g/mol. The van der Waals surface area contributed by atoms with Crippen LogP contribution in [0.3, 0.4) is 0 Å². The van der Waals surface area contributed by atoms with Gasteiger partial charge in [0.15, 0.2) is 0 Å². The van der Waals surface area contributed by atoms with Crippen LogP contribution in [0.1, 0.15) is 24.5 Å². The molecule has 0 aliphatic carbocycles. The molecule has 0 aromatic heterocycles. The first-order chi connectivity index (χ1) is 8.94. The van der Waals surface area contributed by atoms with Gasteiger partial charge >= 0.3 is 0 Å². The quantitative estimate of drug-likeness (QED) is 0.874. The first-order valence-corrected chi connectivity index (χ1v) is 8.84. The van der Waals surface area contributed by atoms with Gasteiger partial charge in [0.25, 0.3) is 0 Å². The maximum atomic E-state index is 12.2. The van der Waals surface area contributed by atoms with E-state index < -0.39 is 10.0 Å². The van der Waals surface area contributed by atoms with E-state index in [0.29, 0.717) is 11.1 Å². The number of sulfonamides is 1. The Morgan fingerprint density at radius 3 is 2.63 bits per heavy atom. The molecule has 1 aromatic carbocycles. The topological polar surface area (TPSA) is 70.0 Å². The van der Waals surface area contributed by atoms with E-state index in [1.165, 1.54) is 12.1 Å². The van der Waals surface area contributed by atoms with Crippen LogP contribution >= 0.6 is 11.8 Å². The van der Waals surface area contributed by atoms with Crippen molar-refractivity contribution in [2.45, 2.75) is 31.2 Å². The molecule has 104 valence electrons. The third-order valence-electron chi connectivity index (χ3n) is 2.81. The van der Waals surface area contributed by atoms with Crippen molar-refractivity contribution in [2.24, 2.45) is 0 Å². The van der Waals surface area contributed by atoms with Gasteiger partial charge in [0.1, 0.15) is 0 Å². The Labute approximate surface area is 119 Å².